The highest BCUT2D eigenvalue weighted by atomic mass is 35.5. The summed E-state index contributed by atoms with van der Waals surface area (Å²) >= 11 is 13.3. The van der Waals surface area contributed by atoms with Gasteiger partial charge in [-0.3, -0.25) is 5.32 Å². The quantitative estimate of drug-likeness (QED) is 0.828. The van der Waals surface area contributed by atoms with Crippen molar-refractivity contribution in [3.63, 3.8) is 0 Å². The number of urea groups is 1. The monoisotopic (exact) mass is 384 g/mol. The fraction of sp³-hybridized carbons (Fsp3) is 0.375. The van der Waals surface area contributed by atoms with Gasteiger partial charge in [-0.1, -0.05) is 40.6 Å². The Labute approximate surface area is 155 Å². The summed E-state index contributed by atoms with van der Waals surface area (Å²) in [6, 6.07) is 5.96. The first-order valence-electron chi connectivity index (χ1n) is 7.71. The lowest BCUT2D eigenvalue weighted by Gasteiger charge is -2.24. The lowest BCUT2D eigenvalue weighted by Crippen LogP contribution is -2.38. The van der Waals surface area contributed by atoms with Gasteiger partial charge in [0.15, 0.2) is 5.13 Å². The van der Waals surface area contributed by atoms with Crippen LogP contribution in [0.1, 0.15) is 12.0 Å². The minimum absolute atomic E-state index is 0.134. The molecule has 0 radical (unpaired) electrons. The molecule has 2 heterocycles. The second-order valence-corrected chi connectivity index (χ2v) is 7.73. The number of aromatic nitrogens is 1. The predicted octanol–water partition coefficient (Wildman–Crippen LogP) is 4.50. The molecule has 1 aromatic heterocycles. The summed E-state index contributed by atoms with van der Waals surface area (Å²) in [7, 11) is 0. The van der Waals surface area contributed by atoms with Crippen molar-refractivity contribution in [2.45, 2.75) is 13.3 Å². The number of thiazole rings is 1. The molecule has 2 aromatic rings. The maximum absolute atomic E-state index is 12.4. The molecule has 0 saturated carbocycles. The Balaban J connectivity index is 1.62. The number of rotatable bonds is 2. The molecule has 24 heavy (non-hydrogen) atoms. The zero-order chi connectivity index (χ0) is 17.1. The van der Waals surface area contributed by atoms with E-state index in [0.717, 1.165) is 35.8 Å². The Morgan fingerprint density at radius 3 is 2.79 bits per heavy atom. The van der Waals surface area contributed by atoms with Crippen LogP contribution >= 0.6 is 34.5 Å². The van der Waals surface area contributed by atoms with Gasteiger partial charge in [0.05, 0.1) is 6.20 Å². The number of nitrogens with zero attached hydrogens (tertiary/aromatic N) is 3. The van der Waals surface area contributed by atoms with Crippen LogP contribution in [0.25, 0.3) is 0 Å². The van der Waals surface area contributed by atoms with Gasteiger partial charge < -0.3 is 9.80 Å². The van der Waals surface area contributed by atoms with Gasteiger partial charge in [0.1, 0.15) is 4.34 Å². The molecular weight excluding hydrogens is 367 g/mol. The molecule has 5 nitrogen and oxygen atoms in total. The molecule has 0 aliphatic carbocycles. The molecule has 1 saturated heterocycles. The van der Waals surface area contributed by atoms with Crippen molar-refractivity contribution in [1.29, 1.82) is 0 Å². The summed E-state index contributed by atoms with van der Waals surface area (Å²) in [4.78, 5) is 20.5. The van der Waals surface area contributed by atoms with Crippen LogP contribution in [0.15, 0.2) is 24.4 Å². The molecule has 0 spiro atoms. The van der Waals surface area contributed by atoms with Crippen LogP contribution in [-0.2, 0) is 0 Å². The summed E-state index contributed by atoms with van der Waals surface area (Å²) in [6.07, 6.45) is 2.44. The van der Waals surface area contributed by atoms with Crippen LogP contribution in [0, 0.1) is 6.92 Å². The van der Waals surface area contributed by atoms with E-state index in [2.05, 4.69) is 21.3 Å². The van der Waals surface area contributed by atoms with Crippen molar-refractivity contribution in [3.8, 4) is 0 Å². The Bertz CT molecular complexity index is 737. The summed E-state index contributed by atoms with van der Waals surface area (Å²) in [5.74, 6) is 0. The minimum Gasteiger partial charge on any atom is -0.370 e. The van der Waals surface area contributed by atoms with Gasteiger partial charge in [0, 0.05) is 36.9 Å². The Kier molecular flexibility index (Phi) is 5.48. The van der Waals surface area contributed by atoms with E-state index in [-0.39, 0.29) is 6.03 Å². The number of nitrogens with one attached hydrogen (secondary N) is 1. The van der Waals surface area contributed by atoms with Crippen molar-refractivity contribution in [2.24, 2.45) is 0 Å². The molecule has 1 N–H and O–H groups in total. The highest BCUT2D eigenvalue weighted by molar-refractivity contribution is 7.19. The smallest absolute Gasteiger partial charge is 0.323 e. The molecule has 128 valence electrons. The van der Waals surface area contributed by atoms with Crippen LogP contribution in [0.2, 0.25) is 9.36 Å². The molecule has 0 bridgehead atoms. The lowest BCUT2D eigenvalue weighted by atomic mass is 10.2. The Morgan fingerprint density at radius 2 is 2.08 bits per heavy atom. The van der Waals surface area contributed by atoms with Crippen molar-refractivity contribution in [3.05, 3.63) is 39.3 Å². The average Bonchev–Trinajstić information content (AvgIpc) is 2.82. The highest BCUT2D eigenvalue weighted by Gasteiger charge is 2.20. The first kappa shape index (κ1) is 17.3. The van der Waals surface area contributed by atoms with Crippen LogP contribution in [0.3, 0.4) is 0 Å². The number of aryl methyl sites for hydroxylation is 1. The lowest BCUT2D eigenvalue weighted by molar-refractivity contribution is 0.215. The molecule has 1 aliphatic heterocycles. The normalized spacial score (nSPS) is 15.3. The third kappa shape index (κ3) is 4.12. The highest BCUT2D eigenvalue weighted by Crippen LogP contribution is 2.25. The van der Waals surface area contributed by atoms with Crippen molar-refractivity contribution < 1.29 is 4.79 Å². The van der Waals surface area contributed by atoms with Crippen LogP contribution in [0.5, 0.6) is 0 Å². The van der Waals surface area contributed by atoms with Gasteiger partial charge in [-0.25, -0.2) is 9.78 Å². The number of hydrogen-bond acceptors (Lipinski definition) is 4. The van der Waals surface area contributed by atoms with E-state index in [1.54, 1.807) is 0 Å². The largest absolute Gasteiger partial charge is 0.370 e. The second-order valence-electron chi connectivity index (χ2n) is 5.66. The molecule has 1 aromatic carbocycles. The third-order valence-corrected chi connectivity index (χ3v) is 5.43. The van der Waals surface area contributed by atoms with E-state index in [4.69, 9.17) is 23.2 Å². The average molecular weight is 385 g/mol. The molecule has 1 aliphatic rings. The van der Waals surface area contributed by atoms with E-state index >= 15 is 0 Å². The summed E-state index contributed by atoms with van der Waals surface area (Å²) in [5, 5.41) is 4.10. The number of halogens is 2. The zero-order valence-electron chi connectivity index (χ0n) is 13.3. The van der Waals surface area contributed by atoms with Gasteiger partial charge in [0.25, 0.3) is 0 Å². The predicted molar refractivity (Wildman–Crippen MR) is 101 cm³/mol. The van der Waals surface area contributed by atoms with Gasteiger partial charge in [-0.2, -0.15) is 0 Å². The van der Waals surface area contributed by atoms with E-state index in [1.807, 2.05) is 24.0 Å². The second kappa shape index (κ2) is 7.59. The van der Waals surface area contributed by atoms with Gasteiger partial charge >= 0.3 is 6.03 Å². The SMILES string of the molecule is Cc1ccc(N2CCCN(C(=O)Nc3ncc(Cl)s3)CC2)cc1Cl. The molecule has 3 rings (SSSR count). The number of benzene rings is 1. The third-order valence-electron chi connectivity index (χ3n) is 4.00. The van der Waals surface area contributed by atoms with E-state index in [9.17, 15) is 4.79 Å². The molecule has 8 heteroatoms. The van der Waals surface area contributed by atoms with Crippen LogP contribution < -0.4 is 10.2 Å². The number of carbonyl (C=O) groups excluding carboxylic acids is 1. The zero-order valence-corrected chi connectivity index (χ0v) is 15.6. The van der Waals surface area contributed by atoms with E-state index < -0.39 is 0 Å². The Morgan fingerprint density at radius 1 is 1.25 bits per heavy atom. The number of hydrogen-bond donors (Lipinski definition) is 1. The fourth-order valence-corrected chi connectivity index (χ4v) is 3.62. The summed E-state index contributed by atoms with van der Waals surface area (Å²) < 4.78 is 0.559. The van der Waals surface area contributed by atoms with Crippen molar-refractivity contribution in [2.75, 3.05) is 36.4 Å². The summed E-state index contributed by atoms with van der Waals surface area (Å²) in [5.41, 5.74) is 2.16. The van der Waals surface area contributed by atoms with Crippen LogP contribution in [-0.4, -0.2) is 42.1 Å². The molecule has 0 unspecified atom stereocenters. The van der Waals surface area contributed by atoms with Crippen molar-refractivity contribution in [1.82, 2.24) is 9.88 Å². The van der Waals surface area contributed by atoms with E-state index in [1.165, 1.54) is 17.5 Å². The maximum atomic E-state index is 12.4. The van der Waals surface area contributed by atoms with E-state index in [0.29, 0.717) is 22.6 Å². The van der Waals surface area contributed by atoms with Gasteiger partial charge in [-0.05, 0) is 31.0 Å². The molecule has 0 atom stereocenters. The Hall–Kier alpha value is -1.50. The topological polar surface area (TPSA) is 48.5 Å². The molecule has 1 fully saturated rings. The number of anilines is 2. The van der Waals surface area contributed by atoms with Crippen molar-refractivity contribution >= 4 is 51.4 Å². The maximum Gasteiger partial charge on any atom is 0.323 e. The van der Waals surface area contributed by atoms with Gasteiger partial charge in [0.2, 0.25) is 0 Å². The molecule has 2 amide bonds. The standard InChI is InChI=1S/C16H18Cl2N4OS/c1-11-3-4-12(9-13(11)17)21-5-2-6-22(8-7-21)16(23)20-15-19-10-14(18)24-15/h3-4,9-10H,2,5-8H2,1H3,(H,19,20,23). The van der Waals surface area contributed by atoms with Crippen LogP contribution in [0.4, 0.5) is 15.6 Å². The van der Waals surface area contributed by atoms with Gasteiger partial charge in [-0.15, -0.1) is 0 Å². The number of amides is 2. The molecular formula is C16H18Cl2N4OS. The first-order chi connectivity index (χ1) is 11.5. The minimum atomic E-state index is -0.134. The first-order valence-corrected chi connectivity index (χ1v) is 9.28. The fourth-order valence-electron chi connectivity index (χ4n) is 2.64. The number of carbonyl (C=O) groups is 1. The summed E-state index contributed by atoms with van der Waals surface area (Å²) in [6.45, 7) is 5.01.